The molecular formula is C12H22N2O. The van der Waals surface area contributed by atoms with Crippen LogP contribution in [0.2, 0.25) is 0 Å². The van der Waals surface area contributed by atoms with Gasteiger partial charge in [0, 0.05) is 5.92 Å². The summed E-state index contributed by atoms with van der Waals surface area (Å²) in [4.78, 5) is 14.6. The molecule has 0 amide bonds. The Balaban J connectivity index is 1.87. The summed E-state index contributed by atoms with van der Waals surface area (Å²) in [7, 11) is 0. The molecule has 0 aliphatic carbocycles. The predicted molar refractivity (Wildman–Crippen MR) is 60.9 cm³/mol. The van der Waals surface area contributed by atoms with Crippen molar-refractivity contribution in [1.82, 2.24) is 10.2 Å². The summed E-state index contributed by atoms with van der Waals surface area (Å²) in [6, 6.07) is 0.163. The van der Waals surface area contributed by atoms with Crippen molar-refractivity contribution in [3.63, 3.8) is 0 Å². The monoisotopic (exact) mass is 210 g/mol. The molecule has 2 aliphatic rings. The van der Waals surface area contributed by atoms with Crippen LogP contribution >= 0.6 is 0 Å². The predicted octanol–water partition coefficient (Wildman–Crippen LogP) is 1.04. The van der Waals surface area contributed by atoms with E-state index >= 15 is 0 Å². The highest BCUT2D eigenvalue weighted by Gasteiger charge is 2.29. The molecule has 3 nitrogen and oxygen atoms in total. The number of rotatable bonds is 3. The summed E-state index contributed by atoms with van der Waals surface area (Å²) in [6.45, 7) is 6.37. The van der Waals surface area contributed by atoms with E-state index in [1.54, 1.807) is 0 Å². The molecule has 2 rings (SSSR count). The van der Waals surface area contributed by atoms with E-state index in [9.17, 15) is 4.79 Å². The van der Waals surface area contributed by atoms with Crippen LogP contribution in [0.3, 0.4) is 0 Å². The molecule has 3 heteroatoms. The highest BCUT2D eigenvalue weighted by molar-refractivity contribution is 5.86. The highest BCUT2D eigenvalue weighted by Crippen LogP contribution is 2.19. The molecule has 15 heavy (non-hydrogen) atoms. The Hall–Kier alpha value is -0.410. The number of ketones is 1. The first-order chi connectivity index (χ1) is 7.29. The number of carbonyl (C=O) groups excluding carboxylic acids is 1. The number of hydrogen-bond acceptors (Lipinski definition) is 3. The molecule has 0 spiro atoms. The van der Waals surface area contributed by atoms with Gasteiger partial charge in [-0.1, -0.05) is 0 Å². The van der Waals surface area contributed by atoms with Gasteiger partial charge < -0.3 is 5.32 Å². The molecule has 0 bridgehead atoms. The lowest BCUT2D eigenvalue weighted by atomic mass is 9.90. The van der Waals surface area contributed by atoms with Crippen molar-refractivity contribution in [3.05, 3.63) is 0 Å². The maximum Gasteiger partial charge on any atom is 0.152 e. The number of piperidine rings is 1. The van der Waals surface area contributed by atoms with Crippen molar-refractivity contribution in [3.8, 4) is 0 Å². The molecular weight excluding hydrogens is 188 g/mol. The standard InChI is InChI=1S/C12H22N2O/c1-10(14-8-2-3-9-14)12(15)11-4-6-13-7-5-11/h10-11,13H,2-9H2,1H3. The van der Waals surface area contributed by atoms with Gasteiger partial charge in [-0.05, 0) is 58.8 Å². The molecule has 0 radical (unpaired) electrons. The number of likely N-dealkylation sites (tertiary alicyclic amines) is 1. The van der Waals surface area contributed by atoms with Gasteiger partial charge in [0.15, 0.2) is 5.78 Å². The second kappa shape index (κ2) is 5.08. The highest BCUT2D eigenvalue weighted by atomic mass is 16.1. The number of carbonyl (C=O) groups is 1. The van der Waals surface area contributed by atoms with Gasteiger partial charge in [0.2, 0.25) is 0 Å². The first-order valence-electron chi connectivity index (χ1n) is 6.27. The zero-order valence-electron chi connectivity index (χ0n) is 9.67. The van der Waals surface area contributed by atoms with Crippen LogP contribution in [0.25, 0.3) is 0 Å². The third-order valence-electron chi connectivity index (χ3n) is 3.84. The molecule has 2 heterocycles. The summed E-state index contributed by atoms with van der Waals surface area (Å²) < 4.78 is 0. The number of nitrogens with zero attached hydrogens (tertiary/aromatic N) is 1. The molecule has 2 fully saturated rings. The Morgan fingerprint density at radius 2 is 1.87 bits per heavy atom. The van der Waals surface area contributed by atoms with Gasteiger partial charge in [0.1, 0.15) is 0 Å². The quantitative estimate of drug-likeness (QED) is 0.755. The van der Waals surface area contributed by atoms with Crippen LogP contribution in [0.5, 0.6) is 0 Å². The largest absolute Gasteiger partial charge is 0.317 e. The zero-order valence-corrected chi connectivity index (χ0v) is 9.67. The van der Waals surface area contributed by atoms with E-state index in [1.807, 2.05) is 0 Å². The van der Waals surface area contributed by atoms with E-state index in [2.05, 4.69) is 17.1 Å². The van der Waals surface area contributed by atoms with Crippen LogP contribution in [0.1, 0.15) is 32.6 Å². The van der Waals surface area contributed by atoms with E-state index in [4.69, 9.17) is 0 Å². The van der Waals surface area contributed by atoms with Crippen molar-refractivity contribution in [2.24, 2.45) is 5.92 Å². The van der Waals surface area contributed by atoms with Gasteiger partial charge in [-0.15, -0.1) is 0 Å². The first-order valence-corrected chi connectivity index (χ1v) is 6.27. The first kappa shape index (κ1) is 11.1. The van der Waals surface area contributed by atoms with E-state index in [0.29, 0.717) is 11.7 Å². The van der Waals surface area contributed by atoms with Gasteiger partial charge >= 0.3 is 0 Å². The molecule has 2 aliphatic heterocycles. The van der Waals surface area contributed by atoms with Crippen LogP contribution in [0.15, 0.2) is 0 Å². The zero-order chi connectivity index (χ0) is 10.7. The van der Waals surface area contributed by atoms with E-state index < -0.39 is 0 Å². The molecule has 0 saturated carbocycles. The van der Waals surface area contributed by atoms with Crippen molar-refractivity contribution in [1.29, 1.82) is 0 Å². The fourth-order valence-corrected chi connectivity index (χ4v) is 2.76. The Morgan fingerprint density at radius 1 is 1.27 bits per heavy atom. The smallest absolute Gasteiger partial charge is 0.152 e. The number of nitrogens with one attached hydrogen (secondary N) is 1. The number of Topliss-reactive ketones (excluding diaryl/α,β-unsaturated/α-hetero) is 1. The molecule has 0 aromatic rings. The van der Waals surface area contributed by atoms with Gasteiger partial charge in [0.25, 0.3) is 0 Å². The lowest BCUT2D eigenvalue weighted by Gasteiger charge is -2.28. The van der Waals surface area contributed by atoms with Crippen LogP contribution in [0.4, 0.5) is 0 Å². The molecule has 1 N–H and O–H groups in total. The Morgan fingerprint density at radius 3 is 2.47 bits per heavy atom. The molecule has 86 valence electrons. The van der Waals surface area contributed by atoms with E-state index in [-0.39, 0.29) is 6.04 Å². The van der Waals surface area contributed by atoms with Crippen LogP contribution in [0, 0.1) is 5.92 Å². The minimum Gasteiger partial charge on any atom is -0.317 e. The summed E-state index contributed by atoms with van der Waals surface area (Å²) in [5.41, 5.74) is 0. The fourth-order valence-electron chi connectivity index (χ4n) is 2.76. The van der Waals surface area contributed by atoms with Crippen LogP contribution in [-0.4, -0.2) is 42.9 Å². The van der Waals surface area contributed by atoms with Crippen LogP contribution in [-0.2, 0) is 4.79 Å². The van der Waals surface area contributed by atoms with Crippen molar-refractivity contribution < 1.29 is 4.79 Å². The van der Waals surface area contributed by atoms with Crippen molar-refractivity contribution in [2.75, 3.05) is 26.2 Å². The minimum atomic E-state index is 0.163. The SMILES string of the molecule is CC(C(=O)C1CCNCC1)N1CCCC1. The Kier molecular flexibility index (Phi) is 3.76. The van der Waals surface area contributed by atoms with Gasteiger partial charge in [0.05, 0.1) is 6.04 Å². The molecule has 0 aromatic heterocycles. The second-order valence-corrected chi connectivity index (χ2v) is 4.85. The third kappa shape index (κ3) is 2.58. The average Bonchev–Trinajstić information content (AvgIpc) is 2.82. The normalized spacial score (nSPS) is 26.7. The summed E-state index contributed by atoms with van der Waals surface area (Å²) in [5, 5.41) is 3.31. The number of hydrogen-bond donors (Lipinski definition) is 1. The molecule has 0 aromatic carbocycles. The van der Waals surface area contributed by atoms with Gasteiger partial charge in [-0.2, -0.15) is 0 Å². The maximum absolute atomic E-state index is 12.2. The van der Waals surface area contributed by atoms with Crippen LogP contribution < -0.4 is 5.32 Å². The van der Waals surface area contributed by atoms with Crippen molar-refractivity contribution >= 4 is 5.78 Å². The molecule has 1 unspecified atom stereocenters. The molecule has 1 atom stereocenters. The Labute approximate surface area is 92.2 Å². The average molecular weight is 210 g/mol. The lowest BCUT2D eigenvalue weighted by Crippen LogP contribution is -2.43. The van der Waals surface area contributed by atoms with E-state index in [0.717, 1.165) is 39.0 Å². The minimum absolute atomic E-state index is 0.163. The third-order valence-corrected chi connectivity index (χ3v) is 3.84. The molecule has 2 saturated heterocycles. The maximum atomic E-state index is 12.2. The summed E-state index contributed by atoms with van der Waals surface area (Å²) >= 11 is 0. The van der Waals surface area contributed by atoms with Gasteiger partial charge in [-0.25, -0.2) is 0 Å². The summed E-state index contributed by atoms with van der Waals surface area (Å²) in [5.74, 6) is 0.806. The van der Waals surface area contributed by atoms with E-state index in [1.165, 1.54) is 12.8 Å². The lowest BCUT2D eigenvalue weighted by molar-refractivity contribution is -0.128. The summed E-state index contributed by atoms with van der Waals surface area (Å²) in [6.07, 6.45) is 4.61. The fraction of sp³-hybridized carbons (Fsp3) is 0.917. The Bertz CT molecular complexity index is 218. The topological polar surface area (TPSA) is 32.3 Å². The second-order valence-electron chi connectivity index (χ2n) is 4.85. The van der Waals surface area contributed by atoms with Crippen molar-refractivity contribution in [2.45, 2.75) is 38.6 Å². The van der Waals surface area contributed by atoms with Gasteiger partial charge in [-0.3, -0.25) is 9.69 Å².